The van der Waals surface area contributed by atoms with E-state index in [1.165, 1.54) is 4.90 Å². The smallest absolute Gasteiger partial charge is 0.234 e. The van der Waals surface area contributed by atoms with Gasteiger partial charge < -0.3 is 4.90 Å². The zero-order valence-corrected chi connectivity index (χ0v) is 10.0. The van der Waals surface area contributed by atoms with Crippen molar-refractivity contribution in [1.82, 2.24) is 0 Å². The molecule has 1 aliphatic heterocycles. The summed E-state index contributed by atoms with van der Waals surface area (Å²) in [6, 6.07) is 5.21. The molecule has 0 aliphatic carbocycles. The van der Waals surface area contributed by atoms with E-state index in [9.17, 15) is 9.59 Å². The van der Waals surface area contributed by atoms with Crippen LogP contribution in [0.4, 0.5) is 5.69 Å². The minimum Gasteiger partial charge on any atom is -0.303 e. The second-order valence-electron chi connectivity index (χ2n) is 3.29. The number of halogens is 2. The number of carbonyl (C=O) groups excluding carboxylic acids is 2. The Morgan fingerprint density at radius 1 is 1.33 bits per heavy atom. The molecule has 2 rings (SSSR count). The SMILES string of the molecule is O=C1CC(=O)N(c2cc(Br)ccc2Cl)C1. The Labute approximate surface area is 100 Å². The van der Waals surface area contributed by atoms with Gasteiger partial charge in [0.15, 0.2) is 5.78 Å². The molecule has 3 nitrogen and oxygen atoms in total. The highest BCUT2D eigenvalue weighted by Gasteiger charge is 2.29. The van der Waals surface area contributed by atoms with Gasteiger partial charge >= 0.3 is 0 Å². The van der Waals surface area contributed by atoms with Crippen molar-refractivity contribution in [3.63, 3.8) is 0 Å². The highest BCUT2D eigenvalue weighted by Crippen LogP contribution is 2.31. The van der Waals surface area contributed by atoms with E-state index in [1.54, 1.807) is 18.2 Å². The molecule has 0 bridgehead atoms. The van der Waals surface area contributed by atoms with Crippen LogP contribution in [0.2, 0.25) is 5.02 Å². The van der Waals surface area contributed by atoms with Crippen molar-refractivity contribution in [3.8, 4) is 0 Å². The summed E-state index contributed by atoms with van der Waals surface area (Å²) in [5.74, 6) is -0.268. The average molecular weight is 289 g/mol. The van der Waals surface area contributed by atoms with E-state index >= 15 is 0 Å². The van der Waals surface area contributed by atoms with E-state index in [4.69, 9.17) is 11.6 Å². The lowest BCUT2D eigenvalue weighted by Crippen LogP contribution is -2.24. The molecule has 15 heavy (non-hydrogen) atoms. The number of hydrogen-bond acceptors (Lipinski definition) is 2. The molecule has 1 aromatic carbocycles. The maximum Gasteiger partial charge on any atom is 0.234 e. The van der Waals surface area contributed by atoms with Crippen molar-refractivity contribution < 1.29 is 9.59 Å². The maximum absolute atomic E-state index is 11.5. The van der Waals surface area contributed by atoms with Gasteiger partial charge in [-0.1, -0.05) is 27.5 Å². The Bertz CT molecular complexity index is 447. The Balaban J connectivity index is 2.41. The first kappa shape index (κ1) is 10.6. The third-order valence-corrected chi connectivity index (χ3v) is 3.00. The van der Waals surface area contributed by atoms with Crippen molar-refractivity contribution in [3.05, 3.63) is 27.7 Å². The van der Waals surface area contributed by atoms with Gasteiger partial charge in [-0.3, -0.25) is 9.59 Å². The van der Waals surface area contributed by atoms with Crippen LogP contribution in [0.25, 0.3) is 0 Å². The molecule has 0 unspecified atom stereocenters. The van der Waals surface area contributed by atoms with Gasteiger partial charge in [-0.05, 0) is 18.2 Å². The highest BCUT2D eigenvalue weighted by atomic mass is 79.9. The van der Waals surface area contributed by atoms with E-state index in [0.717, 1.165) is 4.47 Å². The molecule has 1 saturated heterocycles. The number of benzene rings is 1. The molecule has 1 amide bonds. The van der Waals surface area contributed by atoms with E-state index in [-0.39, 0.29) is 24.7 Å². The summed E-state index contributed by atoms with van der Waals surface area (Å²) in [6.45, 7) is 0.120. The second kappa shape index (κ2) is 3.94. The van der Waals surface area contributed by atoms with Gasteiger partial charge in [-0.25, -0.2) is 0 Å². The third-order valence-electron chi connectivity index (χ3n) is 2.18. The summed E-state index contributed by atoms with van der Waals surface area (Å²) in [5.41, 5.74) is 0.585. The van der Waals surface area contributed by atoms with E-state index in [2.05, 4.69) is 15.9 Å². The second-order valence-corrected chi connectivity index (χ2v) is 4.61. The zero-order chi connectivity index (χ0) is 11.0. The fourth-order valence-corrected chi connectivity index (χ4v) is 2.07. The number of nitrogens with zero attached hydrogens (tertiary/aromatic N) is 1. The lowest BCUT2D eigenvalue weighted by Gasteiger charge is -2.16. The Morgan fingerprint density at radius 3 is 2.67 bits per heavy atom. The van der Waals surface area contributed by atoms with Crippen molar-refractivity contribution >= 4 is 44.9 Å². The van der Waals surface area contributed by atoms with Crippen LogP contribution in [0.1, 0.15) is 6.42 Å². The predicted octanol–water partition coefficient (Wildman–Crippen LogP) is 2.41. The number of ketones is 1. The molecule has 1 heterocycles. The number of hydrogen-bond donors (Lipinski definition) is 0. The Morgan fingerprint density at radius 2 is 2.07 bits per heavy atom. The number of Topliss-reactive ketones (excluding diaryl/α,β-unsaturated/α-hetero) is 1. The fraction of sp³-hybridized carbons (Fsp3) is 0.200. The largest absolute Gasteiger partial charge is 0.303 e. The van der Waals surface area contributed by atoms with Crippen LogP contribution in [0, 0.1) is 0 Å². The normalized spacial score (nSPS) is 16.3. The molecule has 0 N–H and O–H groups in total. The van der Waals surface area contributed by atoms with Gasteiger partial charge in [-0.15, -0.1) is 0 Å². The van der Waals surface area contributed by atoms with Gasteiger partial charge in [0.25, 0.3) is 0 Å². The van der Waals surface area contributed by atoms with Crippen molar-refractivity contribution in [1.29, 1.82) is 0 Å². The van der Waals surface area contributed by atoms with Crippen LogP contribution < -0.4 is 4.90 Å². The van der Waals surface area contributed by atoms with Crippen LogP contribution in [0.15, 0.2) is 22.7 Å². The van der Waals surface area contributed by atoms with Crippen molar-refractivity contribution in [2.75, 3.05) is 11.4 Å². The molecule has 1 aliphatic rings. The molecule has 0 saturated carbocycles. The van der Waals surface area contributed by atoms with Crippen LogP contribution in [-0.2, 0) is 9.59 Å². The lowest BCUT2D eigenvalue weighted by atomic mass is 10.3. The Hall–Kier alpha value is -0.870. The topological polar surface area (TPSA) is 37.4 Å². The van der Waals surface area contributed by atoms with Crippen LogP contribution in [0.5, 0.6) is 0 Å². The zero-order valence-electron chi connectivity index (χ0n) is 7.67. The first-order chi connectivity index (χ1) is 7.08. The van der Waals surface area contributed by atoms with Crippen LogP contribution >= 0.6 is 27.5 Å². The molecule has 0 spiro atoms. The molecule has 0 radical (unpaired) electrons. The standard InChI is InChI=1S/C10H7BrClNO2/c11-6-1-2-8(12)9(3-6)13-5-7(14)4-10(13)15/h1-3H,4-5H2. The summed E-state index contributed by atoms with van der Waals surface area (Å²) < 4.78 is 0.828. The van der Waals surface area contributed by atoms with Gasteiger partial charge in [0.05, 0.1) is 23.7 Å². The predicted molar refractivity (Wildman–Crippen MR) is 61.1 cm³/mol. The number of carbonyl (C=O) groups is 2. The van der Waals surface area contributed by atoms with E-state index < -0.39 is 0 Å². The monoisotopic (exact) mass is 287 g/mol. The molecule has 78 valence electrons. The molecular formula is C10H7BrClNO2. The average Bonchev–Trinajstić information content (AvgIpc) is 2.50. The van der Waals surface area contributed by atoms with E-state index in [1.807, 2.05) is 0 Å². The van der Waals surface area contributed by atoms with Gasteiger partial charge in [0.2, 0.25) is 5.91 Å². The van der Waals surface area contributed by atoms with E-state index in [0.29, 0.717) is 10.7 Å². The van der Waals surface area contributed by atoms with Gasteiger partial charge in [0, 0.05) is 4.47 Å². The number of anilines is 1. The quantitative estimate of drug-likeness (QED) is 0.744. The minimum absolute atomic E-state index is 0.0250. The minimum atomic E-state index is -0.194. The lowest BCUT2D eigenvalue weighted by molar-refractivity contribution is -0.121. The first-order valence-corrected chi connectivity index (χ1v) is 5.52. The summed E-state index contributed by atoms with van der Waals surface area (Å²) in [5, 5.41) is 0.473. The van der Waals surface area contributed by atoms with Crippen LogP contribution in [0.3, 0.4) is 0 Å². The molecule has 0 atom stereocenters. The van der Waals surface area contributed by atoms with Crippen molar-refractivity contribution in [2.24, 2.45) is 0 Å². The molecule has 0 aromatic heterocycles. The highest BCUT2D eigenvalue weighted by molar-refractivity contribution is 9.10. The number of rotatable bonds is 1. The first-order valence-electron chi connectivity index (χ1n) is 4.35. The molecule has 5 heteroatoms. The maximum atomic E-state index is 11.5. The van der Waals surface area contributed by atoms with Gasteiger partial charge in [0.1, 0.15) is 0 Å². The van der Waals surface area contributed by atoms with Crippen molar-refractivity contribution in [2.45, 2.75) is 6.42 Å². The fourth-order valence-electron chi connectivity index (χ4n) is 1.50. The summed E-state index contributed by atoms with van der Waals surface area (Å²) in [6.07, 6.45) is -0.0250. The summed E-state index contributed by atoms with van der Waals surface area (Å²) >= 11 is 9.26. The molecular weight excluding hydrogens is 281 g/mol. The molecule has 1 aromatic rings. The Kier molecular flexibility index (Phi) is 2.80. The molecule has 1 fully saturated rings. The van der Waals surface area contributed by atoms with Gasteiger partial charge in [-0.2, -0.15) is 0 Å². The number of amides is 1. The summed E-state index contributed by atoms with van der Waals surface area (Å²) in [4.78, 5) is 24.0. The van der Waals surface area contributed by atoms with Crippen LogP contribution in [-0.4, -0.2) is 18.2 Å². The summed E-state index contributed by atoms with van der Waals surface area (Å²) in [7, 11) is 0. The third kappa shape index (κ3) is 2.06.